The van der Waals surface area contributed by atoms with Crippen molar-refractivity contribution >= 4 is 29.3 Å². The second kappa shape index (κ2) is 11.1. The number of carbonyl (C=O) groups is 2. The van der Waals surface area contributed by atoms with Crippen molar-refractivity contribution in [3.8, 4) is 5.75 Å². The summed E-state index contributed by atoms with van der Waals surface area (Å²) >= 11 is 1.22. The molecule has 0 saturated carbocycles. The van der Waals surface area contributed by atoms with E-state index >= 15 is 0 Å². The van der Waals surface area contributed by atoms with Crippen LogP contribution in [0.5, 0.6) is 5.75 Å². The first kappa shape index (κ1) is 23.0. The topological polar surface area (TPSA) is 98.1 Å². The number of nitrogens with one attached hydrogen (secondary N) is 2. The van der Waals surface area contributed by atoms with Crippen molar-refractivity contribution in [2.75, 3.05) is 18.2 Å². The SMILES string of the molecule is C=CCn1c(CNC(=O)c2ccc(F)cc2)nnc1SCC(=O)Nc1ccccc1OC. The van der Waals surface area contributed by atoms with Crippen LogP contribution in [-0.4, -0.2) is 39.4 Å². The van der Waals surface area contributed by atoms with Crippen molar-refractivity contribution < 1.29 is 18.7 Å². The Labute approximate surface area is 188 Å². The zero-order valence-electron chi connectivity index (χ0n) is 17.4. The fourth-order valence-corrected chi connectivity index (χ4v) is 3.56. The Bertz CT molecular complexity index is 1100. The maximum absolute atomic E-state index is 13.0. The van der Waals surface area contributed by atoms with E-state index in [0.717, 1.165) is 0 Å². The van der Waals surface area contributed by atoms with E-state index < -0.39 is 5.82 Å². The normalized spacial score (nSPS) is 10.4. The Balaban J connectivity index is 1.61. The molecule has 0 aliphatic heterocycles. The number of hydrogen-bond acceptors (Lipinski definition) is 6. The number of para-hydroxylation sites is 2. The van der Waals surface area contributed by atoms with Gasteiger partial charge in [-0.2, -0.15) is 0 Å². The van der Waals surface area contributed by atoms with E-state index in [1.54, 1.807) is 28.8 Å². The van der Waals surface area contributed by atoms with Crippen LogP contribution in [0.25, 0.3) is 0 Å². The number of thioether (sulfide) groups is 1. The molecular formula is C22H22FN5O3S. The van der Waals surface area contributed by atoms with Crippen molar-refractivity contribution in [2.45, 2.75) is 18.2 Å². The molecule has 2 aromatic carbocycles. The van der Waals surface area contributed by atoms with E-state index in [1.807, 2.05) is 6.07 Å². The molecule has 3 rings (SSSR count). The summed E-state index contributed by atoms with van der Waals surface area (Å²) in [5, 5.41) is 14.3. The number of rotatable bonds is 10. The van der Waals surface area contributed by atoms with Gasteiger partial charge in [-0.3, -0.25) is 9.59 Å². The molecule has 8 nitrogen and oxygen atoms in total. The minimum Gasteiger partial charge on any atom is -0.495 e. The van der Waals surface area contributed by atoms with Crippen molar-refractivity contribution in [1.82, 2.24) is 20.1 Å². The van der Waals surface area contributed by atoms with Crippen molar-refractivity contribution in [1.29, 1.82) is 0 Å². The summed E-state index contributed by atoms with van der Waals surface area (Å²) in [7, 11) is 1.54. The van der Waals surface area contributed by atoms with Gasteiger partial charge in [-0.1, -0.05) is 30.0 Å². The summed E-state index contributed by atoms with van der Waals surface area (Å²) in [6.45, 7) is 4.26. The minimum absolute atomic E-state index is 0.106. The first-order chi connectivity index (χ1) is 15.5. The summed E-state index contributed by atoms with van der Waals surface area (Å²) in [4.78, 5) is 24.6. The number of hydrogen-bond donors (Lipinski definition) is 2. The number of halogens is 1. The largest absolute Gasteiger partial charge is 0.495 e. The lowest BCUT2D eigenvalue weighted by Crippen LogP contribution is -2.25. The number of benzene rings is 2. The van der Waals surface area contributed by atoms with Gasteiger partial charge in [0.2, 0.25) is 5.91 Å². The van der Waals surface area contributed by atoms with Gasteiger partial charge in [0, 0.05) is 12.1 Å². The van der Waals surface area contributed by atoms with Gasteiger partial charge >= 0.3 is 0 Å². The van der Waals surface area contributed by atoms with Crippen molar-refractivity contribution in [3.05, 3.63) is 78.4 Å². The molecule has 166 valence electrons. The summed E-state index contributed by atoms with van der Waals surface area (Å²) < 4.78 is 20.0. The van der Waals surface area contributed by atoms with Crippen LogP contribution < -0.4 is 15.4 Å². The van der Waals surface area contributed by atoms with Crippen LogP contribution in [0.15, 0.2) is 66.3 Å². The van der Waals surface area contributed by atoms with E-state index in [-0.39, 0.29) is 24.1 Å². The molecule has 0 saturated heterocycles. The molecule has 0 fully saturated rings. The molecular weight excluding hydrogens is 433 g/mol. The molecule has 0 radical (unpaired) electrons. The number of carbonyl (C=O) groups excluding carboxylic acids is 2. The van der Waals surface area contributed by atoms with Crippen LogP contribution in [0, 0.1) is 5.82 Å². The third kappa shape index (κ3) is 5.94. The molecule has 0 spiro atoms. The number of methoxy groups -OCH3 is 1. The second-order valence-electron chi connectivity index (χ2n) is 6.52. The van der Waals surface area contributed by atoms with Crippen molar-refractivity contribution in [2.24, 2.45) is 0 Å². The lowest BCUT2D eigenvalue weighted by molar-refractivity contribution is -0.113. The number of allylic oxidation sites excluding steroid dienone is 1. The van der Waals surface area contributed by atoms with Crippen LogP contribution in [0.3, 0.4) is 0 Å². The highest BCUT2D eigenvalue weighted by atomic mass is 32.2. The molecule has 0 aliphatic carbocycles. The van der Waals surface area contributed by atoms with Crippen LogP contribution in [0.1, 0.15) is 16.2 Å². The zero-order chi connectivity index (χ0) is 22.9. The van der Waals surface area contributed by atoms with Crippen LogP contribution >= 0.6 is 11.8 Å². The number of amides is 2. The monoisotopic (exact) mass is 455 g/mol. The summed E-state index contributed by atoms with van der Waals surface area (Å²) in [6.07, 6.45) is 1.67. The first-order valence-electron chi connectivity index (χ1n) is 9.64. The maximum atomic E-state index is 13.0. The first-order valence-corrected chi connectivity index (χ1v) is 10.6. The number of anilines is 1. The Hall–Kier alpha value is -3.66. The average molecular weight is 456 g/mol. The smallest absolute Gasteiger partial charge is 0.251 e. The third-order valence-corrected chi connectivity index (χ3v) is 5.30. The molecule has 0 unspecified atom stereocenters. The number of aromatic nitrogens is 3. The summed E-state index contributed by atoms with van der Waals surface area (Å²) in [5.41, 5.74) is 0.918. The van der Waals surface area contributed by atoms with Crippen LogP contribution in [0.2, 0.25) is 0 Å². The molecule has 0 bridgehead atoms. The molecule has 10 heteroatoms. The molecule has 2 amide bonds. The Kier molecular flexibility index (Phi) is 7.98. The zero-order valence-corrected chi connectivity index (χ0v) is 18.2. The minimum atomic E-state index is -0.413. The van der Waals surface area contributed by atoms with E-state index in [1.165, 1.54) is 43.1 Å². The summed E-state index contributed by atoms with van der Waals surface area (Å²) in [6, 6.07) is 12.4. The second-order valence-corrected chi connectivity index (χ2v) is 7.47. The molecule has 0 aliphatic rings. The molecule has 1 heterocycles. The molecule has 1 aromatic heterocycles. The molecule has 32 heavy (non-hydrogen) atoms. The molecule has 3 aromatic rings. The van der Waals surface area contributed by atoms with Crippen LogP contribution in [-0.2, 0) is 17.9 Å². The quantitative estimate of drug-likeness (QED) is 0.360. The predicted octanol–water partition coefficient (Wildman–Crippen LogP) is 3.27. The van der Waals surface area contributed by atoms with Gasteiger partial charge in [0.1, 0.15) is 11.6 Å². The van der Waals surface area contributed by atoms with Gasteiger partial charge in [0.05, 0.1) is 25.1 Å². The van der Waals surface area contributed by atoms with Gasteiger partial charge in [0.25, 0.3) is 5.91 Å². The summed E-state index contributed by atoms with van der Waals surface area (Å²) in [5.74, 6) is 0.189. The van der Waals surface area contributed by atoms with Crippen LogP contribution in [0.4, 0.5) is 10.1 Å². The fourth-order valence-electron chi connectivity index (χ4n) is 2.80. The lowest BCUT2D eigenvalue weighted by Gasteiger charge is -2.10. The van der Waals surface area contributed by atoms with Gasteiger partial charge in [-0.05, 0) is 36.4 Å². The number of ether oxygens (including phenoxy) is 1. The standard InChI is InChI=1S/C22H22FN5O3S/c1-3-12-28-19(13-24-21(30)15-8-10-16(23)11-9-15)26-27-22(28)32-14-20(29)25-17-6-4-5-7-18(17)31-2/h3-11H,1,12-14H2,2H3,(H,24,30)(H,25,29). The Morgan fingerprint density at radius 2 is 1.94 bits per heavy atom. The van der Waals surface area contributed by atoms with Gasteiger partial charge in [-0.15, -0.1) is 16.8 Å². The fraction of sp³-hybridized carbons (Fsp3) is 0.182. The maximum Gasteiger partial charge on any atom is 0.251 e. The van der Waals surface area contributed by atoms with E-state index in [9.17, 15) is 14.0 Å². The van der Waals surface area contributed by atoms with Gasteiger partial charge in [-0.25, -0.2) is 4.39 Å². The highest BCUT2D eigenvalue weighted by Gasteiger charge is 2.15. The predicted molar refractivity (Wildman–Crippen MR) is 120 cm³/mol. The highest BCUT2D eigenvalue weighted by molar-refractivity contribution is 7.99. The van der Waals surface area contributed by atoms with E-state index in [4.69, 9.17) is 4.74 Å². The van der Waals surface area contributed by atoms with E-state index in [2.05, 4.69) is 27.4 Å². The Morgan fingerprint density at radius 3 is 2.66 bits per heavy atom. The highest BCUT2D eigenvalue weighted by Crippen LogP contribution is 2.24. The molecule has 0 atom stereocenters. The average Bonchev–Trinajstić information content (AvgIpc) is 3.18. The Morgan fingerprint density at radius 1 is 1.19 bits per heavy atom. The molecule has 2 N–H and O–H groups in total. The van der Waals surface area contributed by atoms with E-state index in [0.29, 0.717) is 34.5 Å². The van der Waals surface area contributed by atoms with Crippen molar-refractivity contribution in [3.63, 3.8) is 0 Å². The van der Waals surface area contributed by atoms with Gasteiger partial charge in [0.15, 0.2) is 11.0 Å². The lowest BCUT2D eigenvalue weighted by atomic mass is 10.2. The third-order valence-electron chi connectivity index (χ3n) is 4.33. The number of nitrogens with zero attached hydrogens (tertiary/aromatic N) is 3. The van der Waals surface area contributed by atoms with Gasteiger partial charge < -0.3 is 19.9 Å².